The van der Waals surface area contributed by atoms with Crippen molar-refractivity contribution in [2.75, 3.05) is 5.75 Å². The summed E-state index contributed by atoms with van der Waals surface area (Å²) in [7, 11) is 0. The van der Waals surface area contributed by atoms with Gasteiger partial charge in [0.25, 0.3) is 0 Å². The molecular weight excluding hydrogens is 416 g/mol. The maximum absolute atomic E-state index is 12.9. The highest BCUT2D eigenvalue weighted by atomic mass is 32.2. The van der Waals surface area contributed by atoms with Gasteiger partial charge in [-0.2, -0.15) is 0 Å². The van der Waals surface area contributed by atoms with Gasteiger partial charge < -0.3 is 15.4 Å². The SMILES string of the molecule is CC(C)C1NC(=O)[C@]2(C)CSC(=N2)c2csc(n2)CNC(=O)C[C@@H](C=O)OC1=O. The van der Waals surface area contributed by atoms with Crippen molar-refractivity contribution < 1.29 is 23.9 Å². The number of rotatable bonds is 2. The number of carbonyl (C=O) groups is 4. The van der Waals surface area contributed by atoms with Crippen molar-refractivity contribution >= 4 is 52.2 Å². The first-order valence-corrected chi connectivity index (χ1v) is 11.0. The number of amides is 2. The van der Waals surface area contributed by atoms with Gasteiger partial charge in [0.1, 0.15) is 27.3 Å². The van der Waals surface area contributed by atoms with Crippen LogP contribution in [0.5, 0.6) is 0 Å². The summed E-state index contributed by atoms with van der Waals surface area (Å²) in [5, 5.41) is 8.52. The fourth-order valence-electron chi connectivity index (χ4n) is 2.80. The first kappa shape index (κ1) is 21.4. The molecule has 1 aromatic heterocycles. The van der Waals surface area contributed by atoms with E-state index in [4.69, 9.17) is 4.74 Å². The van der Waals surface area contributed by atoms with Crippen LogP contribution in [-0.4, -0.2) is 57.5 Å². The van der Waals surface area contributed by atoms with E-state index in [1.54, 1.807) is 20.8 Å². The molecule has 29 heavy (non-hydrogen) atoms. The smallest absolute Gasteiger partial charge is 0.329 e. The lowest BCUT2D eigenvalue weighted by molar-refractivity contribution is -0.157. The van der Waals surface area contributed by atoms with Gasteiger partial charge in [-0.25, -0.2) is 9.78 Å². The Hall–Kier alpha value is -2.27. The van der Waals surface area contributed by atoms with Crippen LogP contribution < -0.4 is 10.6 Å². The number of aldehydes is 1. The van der Waals surface area contributed by atoms with Gasteiger partial charge in [0.05, 0.1) is 13.0 Å². The predicted molar refractivity (Wildman–Crippen MR) is 109 cm³/mol. The summed E-state index contributed by atoms with van der Waals surface area (Å²) in [5.41, 5.74) is -0.398. The van der Waals surface area contributed by atoms with Crippen molar-refractivity contribution in [1.82, 2.24) is 15.6 Å². The molecule has 0 radical (unpaired) electrons. The Bertz CT molecular complexity index is 868. The number of esters is 1. The number of nitrogens with one attached hydrogen (secondary N) is 2. The van der Waals surface area contributed by atoms with Crippen molar-refractivity contribution in [2.45, 2.75) is 51.4 Å². The Morgan fingerprint density at radius 1 is 1.34 bits per heavy atom. The molecule has 3 heterocycles. The molecule has 11 heteroatoms. The summed E-state index contributed by atoms with van der Waals surface area (Å²) in [6.07, 6.45) is -1.12. The Morgan fingerprint density at radius 2 is 2.10 bits per heavy atom. The van der Waals surface area contributed by atoms with Gasteiger partial charge in [-0.1, -0.05) is 13.8 Å². The minimum absolute atomic E-state index is 0.188. The van der Waals surface area contributed by atoms with Crippen molar-refractivity contribution in [3.05, 3.63) is 16.1 Å². The van der Waals surface area contributed by atoms with Gasteiger partial charge in [0, 0.05) is 11.1 Å². The zero-order chi connectivity index (χ0) is 21.2. The molecule has 0 saturated heterocycles. The molecule has 3 atom stereocenters. The van der Waals surface area contributed by atoms with E-state index >= 15 is 0 Å². The number of fused-ring (bicyclic) bond motifs is 4. The lowest BCUT2D eigenvalue weighted by Gasteiger charge is -2.26. The highest BCUT2D eigenvalue weighted by Gasteiger charge is 2.41. The van der Waals surface area contributed by atoms with Gasteiger partial charge in [-0.05, 0) is 12.8 Å². The number of hydrogen-bond acceptors (Lipinski definition) is 9. The first-order chi connectivity index (χ1) is 13.7. The fourth-order valence-corrected chi connectivity index (χ4v) is 4.72. The third-order valence-corrected chi connectivity index (χ3v) is 6.68. The molecule has 2 amide bonds. The van der Waals surface area contributed by atoms with E-state index in [1.165, 1.54) is 23.1 Å². The van der Waals surface area contributed by atoms with E-state index in [2.05, 4.69) is 20.6 Å². The molecule has 0 saturated carbocycles. The number of carbonyl (C=O) groups excluding carboxylic acids is 4. The second-order valence-electron chi connectivity index (χ2n) is 7.39. The van der Waals surface area contributed by atoms with Crippen LogP contribution in [0.2, 0.25) is 0 Å². The van der Waals surface area contributed by atoms with E-state index in [0.29, 0.717) is 27.8 Å². The van der Waals surface area contributed by atoms with Crippen molar-refractivity contribution in [2.24, 2.45) is 10.9 Å². The van der Waals surface area contributed by atoms with Crippen LogP contribution in [0.4, 0.5) is 0 Å². The Labute approximate surface area is 176 Å². The van der Waals surface area contributed by atoms with Crippen molar-refractivity contribution in [3.8, 4) is 0 Å². The maximum Gasteiger partial charge on any atom is 0.329 e. The second kappa shape index (κ2) is 8.62. The normalized spacial score (nSPS) is 28.4. The van der Waals surface area contributed by atoms with Crippen LogP contribution in [-0.2, 0) is 30.5 Å². The minimum atomic E-state index is -1.23. The van der Waals surface area contributed by atoms with E-state index in [-0.39, 0.29) is 18.9 Å². The topological polar surface area (TPSA) is 127 Å². The Balaban J connectivity index is 1.94. The predicted octanol–water partition coefficient (Wildman–Crippen LogP) is 0.667. The van der Waals surface area contributed by atoms with Gasteiger partial charge in [0.2, 0.25) is 11.8 Å². The Kier molecular flexibility index (Phi) is 6.37. The maximum atomic E-state index is 12.9. The zero-order valence-electron chi connectivity index (χ0n) is 16.3. The second-order valence-corrected chi connectivity index (χ2v) is 9.30. The third kappa shape index (κ3) is 4.84. The molecule has 1 aromatic rings. The number of aromatic nitrogens is 1. The highest BCUT2D eigenvalue weighted by Crippen LogP contribution is 2.32. The Morgan fingerprint density at radius 3 is 2.79 bits per heavy atom. The summed E-state index contributed by atoms with van der Waals surface area (Å²) >= 11 is 2.78. The quantitative estimate of drug-likeness (QED) is 0.513. The largest absolute Gasteiger partial charge is 0.453 e. The summed E-state index contributed by atoms with van der Waals surface area (Å²) < 4.78 is 5.20. The number of nitrogens with zero attached hydrogens (tertiary/aromatic N) is 2. The van der Waals surface area contributed by atoms with Crippen LogP contribution in [0.3, 0.4) is 0 Å². The molecule has 2 N–H and O–H groups in total. The average Bonchev–Trinajstić information content (AvgIpc) is 3.30. The summed E-state index contributed by atoms with van der Waals surface area (Å²) in [4.78, 5) is 58.0. The summed E-state index contributed by atoms with van der Waals surface area (Å²) in [6, 6.07) is -0.965. The fraction of sp³-hybridized carbons (Fsp3) is 0.556. The van der Waals surface area contributed by atoms with Crippen LogP contribution in [0.15, 0.2) is 10.4 Å². The molecule has 0 fully saturated rings. The molecule has 0 aromatic carbocycles. The minimum Gasteiger partial charge on any atom is -0.453 e. The van der Waals surface area contributed by atoms with Gasteiger partial charge >= 0.3 is 5.97 Å². The first-order valence-electron chi connectivity index (χ1n) is 9.12. The average molecular weight is 439 g/mol. The van der Waals surface area contributed by atoms with E-state index < -0.39 is 35.5 Å². The standard InChI is InChI=1S/C18H22N4O5S2/c1-9(2)14-16(25)27-10(6-23)4-12(24)19-5-13-20-11(7-28-13)15-22-18(3,8-29-15)17(26)21-14/h6-7,9-10,14H,4-5,8H2,1-3H3,(H,19,24)(H,21,26)/t10-,14?,18-/m0/s1. The molecule has 2 aliphatic heterocycles. The van der Waals surface area contributed by atoms with Crippen LogP contribution in [0.25, 0.3) is 0 Å². The van der Waals surface area contributed by atoms with Gasteiger partial charge in [-0.3, -0.25) is 19.4 Å². The van der Waals surface area contributed by atoms with Gasteiger partial charge in [0.15, 0.2) is 12.4 Å². The monoisotopic (exact) mass is 438 g/mol. The number of cyclic esters (lactones) is 1. The summed E-state index contributed by atoms with van der Waals surface area (Å²) in [6.45, 7) is 5.40. The zero-order valence-corrected chi connectivity index (χ0v) is 17.9. The van der Waals surface area contributed by atoms with E-state index in [1.807, 2.05) is 5.38 Å². The van der Waals surface area contributed by atoms with Gasteiger partial charge in [-0.15, -0.1) is 23.1 Å². The summed E-state index contributed by atoms with van der Waals surface area (Å²) in [5.74, 6) is -1.47. The molecule has 156 valence electrons. The number of ether oxygens (including phenoxy) is 1. The molecule has 9 nitrogen and oxygen atoms in total. The van der Waals surface area contributed by atoms with Crippen LogP contribution in [0, 0.1) is 5.92 Å². The molecule has 1 unspecified atom stereocenters. The van der Waals surface area contributed by atoms with Crippen LogP contribution >= 0.6 is 23.1 Å². The highest BCUT2D eigenvalue weighted by molar-refractivity contribution is 8.14. The number of thioether (sulfide) groups is 1. The van der Waals surface area contributed by atoms with E-state index in [9.17, 15) is 19.2 Å². The molecule has 0 spiro atoms. The van der Waals surface area contributed by atoms with Crippen molar-refractivity contribution in [3.63, 3.8) is 0 Å². The molecule has 2 aliphatic rings. The third-order valence-electron chi connectivity index (χ3n) is 4.55. The molecule has 0 aliphatic carbocycles. The molecule has 3 rings (SSSR count). The lowest BCUT2D eigenvalue weighted by atomic mass is 10.0. The molecule has 4 bridgehead atoms. The molecular formula is C18H22N4O5S2. The van der Waals surface area contributed by atoms with E-state index in [0.717, 1.165) is 0 Å². The number of hydrogen-bond donors (Lipinski definition) is 2. The van der Waals surface area contributed by atoms with Crippen molar-refractivity contribution in [1.29, 1.82) is 0 Å². The number of aliphatic imine (C=N–C) groups is 1. The lowest BCUT2D eigenvalue weighted by Crippen LogP contribution is -2.53. The number of thiazole rings is 1. The van der Waals surface area contributed by atoms with Crippen LogP contribution in [0.1, 0.15) is 37.9 Å².